The monoisotopic (exact) mass is 426 g/mol. The predicted octanol–water partition coefficient (Wildman–Crippen LogP) is 4.16. The van der Waals surface area contributed by atoms with E-state index in [1.807, 2.05) is 12.1 Å². The van der Waals surface area contributed by atoms with Gasteiger partial charge in [0.1, 0.15) is 12.4 Å². The van der Waals surface area contributed by atoms with Gasteiger partial charge >= 0.3 is 5.97 Å². The van der Waals surface area contributed by atoms with Gasteiger partial charge in [-0.3, -0.25) is 14.4 Å². The van der Waals surface area contributed by atoms with Crippen LogP contribution in [0.15, 0.2) is 60.4 Å². The number of allylic oxidation sites excluding steroid dienone is 3. The number of halogens is 1. The number of esters is 1. The standard InChI is InChI=1S/C23H19ClO6/c1-14-11-19(26)22(23(27)30-14)18(25)9-5-15-6-10-20(21(12-15)28-2)29-13-16-3-7-17(24)8-4-16/h3-12,22H,13H2,1-2H3/b9-5+. The Morgan fingerprint density at radius 2 is 1.87 bits per heavy atom. The summed E-state index contributed by atoms with van der Waals surface area (Å²) in [6.45, 7) is 1.81. The van der Waals surface area contributed by atoms with Gasteiger partial charge < -0.3 is 14.2 Å². The minimum Gasteiger partial charge on any atom is -0.493 e. The molecule has 3 rings (SSSR count). The molecule has 0 spiro atoms. The summed E-state index contributed by atoms with van der Waals surface area (Å²) in [6, 6.07) is 12.4. The largest absolute Gasteiger partial charge is 0.493 e. The lowest BCUT2D eigenvalue weighted by Crippen LogP contribution is -2.34. The molecule has 2 aromatic rings. The summed E-state index contributed by atoms with van der Waals surface area (Å²) in [4.78, 5) is 36.1. The number of hydrogen-bond acceptors (Lipinski definition) is 6. The second-order valence-corrected chi connectivity index (χ2v) is 7.01. The lowest BCUT2D eigenvalue weighted by atomic mass is 9.96. The number of carbonyl (C=O) groups is 3. The van der Waals surface area contributed by atoms with Gasteiger partial charge in [-0.05, 0) is 48.4 Å². The molecule has 0 saturated heterocycles. The minimum absolute atomic E-state index is 0.178. The molecule has 1 unspecified atom stereocenters. The van der Waals surface area contributed by atoms with E-state index in [1.165, 1.54) is 26.2 Å². The maximum Gasteiger partial charge on any atom is 0.329 e. The molecule has 0 N–H and O–H groups in total. The van der Waals surface area contributed by atoms with Crippen LogP contribution in [-0.2, 0) is 25.7 Å². The summed E-state index contributed by atoms with van der Waals surface area (Å²) in [5, 5.41) is 0.649. The maximum absolute atomic E-state index is 12.3. The van der Waals surface area contributed by atoms with Crippen LogP contribution in [-0.4, -0.2) is 24.6 Å². The number of ether oxygens (including phenoxy) is 3. The second kappa shape index (κ2) is 9.41. The highest BCUT2D eigenvalue weighted by Gasteiger charge is 2.36. The minimum atomic E-state index is -1.46. The molecular weight excluding hydrogens is 408 g/mol. The van der Waals surface area contributed by atoms with E-state index in [-0.39, 0.29) is 5.76 Å². The Labute approximate surface area is 178 Å². The molecule has 7 heteroatoms. The summed E-state index contributed by atoms with van der Waals surface area (Å²) < 4.78 is 16.0. The quantitative estimate of drug-likeness (QED) is 0.376. The van der Waals surface area contributed by atoms with Gasteiger partial charge in [0.25, 0.3) is 0 Å². The van der Waals surface area contributed by atoms with Crippen molar-refractivity contribution in [2.24, 2.45) is 5.92 Å². The van der Waals surface area contributed by atoms with E-state index in [9.17, 15) is 14.4 Å². The fourth-order valence-corrected chi connectivity index (χ4v) is 2.95. The summed E-state index contributed by atoms with van der Waals surface area (Å²) >= 11 is 5.88. The summed E-state index contributed by atoms with van der Waals surface area (Å²) in [5.41, 5.74) is 1.59. The number of cyclic esters (lactones) is 1. The van der Waals surface area contributed by atoms with Crippen molar-refractivity contribution in [3.8, 4) is 11.5 Å². The lowest BCUT2D eigenvalue weighted by Gasteiger charge is -2.15. The van der Waals surface area contributed by atoms with Crippen LogP contribution in [0.5, 0.6) is 11.5 Å². The fourth-order valence-electron chi connectivity index (χ4n) is 2.83. The molecule has 0 amide bonds. The van der Waals surface area contributed by atoms with E-state index >= 15 is 0 Å². The average Bonchev–Trinajstić information content (AvgIpc) is 2.71. The van der Waals surface area contributed by atoms with Gasteiger partial charge in [-0.25, -0.2) is 0 Å². The van der Waals surface area contributed by atoms with Gasteiger partial charge in [0.05, 0.1) is 7.11 Å². The summed E-state index contributed by atoms with van der Waals surface area (Å²) in [7, 11) is 1.51. The molecule has 30 heavy (non-hydrogen) atoms. The van der Waals surface area contributed by atoms with Crippen LogP contribution in [0.2, 0.25) is 5.02 Å². The highest BCUT2D eigenvalue weighted by molar-refractivity contribution is 6.30. The average molecular weight is 427 g/mol. The smallest absolute Gasteiger partial charge is 0.329 e. The number of benzene rings is 2. The van der Waals surface area contributed by atoms with Gasteiger partial charge in [0.2, 0.25) is 0 Å². The number of carbonyl (C=O) groups excluding carboxylic acids is 3. The number of methoxy groups -OCH3 is 1. The Bertz CT molecular complexity index is 1040. The Kier molecular flexibility index (Phi) is 6.69. The predicted molar refractivity (Wildman–Crippen MR) is 111 cm³/mol. The zero-order chi connectivity index (χ0) is 21.7. The topological polar surface area (TPSA) is 78.9 Å². The molecule has 0 saturated carbocycles. The Morgan fingerprint density at radius 1 is 1.13 bits per heavy atom. The second-order valence-electron chi connectivity index (χ2n) is 6.57. The van der Waals surface area contributed by atoms with Crippen molar-refractivity contribution in [2.75, 3.05) is 7.11 Å². The number of rotatable bonds is 7. The summed E-state index contributed by atoms with van der Waals surface area (Å²) in [6.07, 6.45) is 3.83. The third-order valence-corrected chi connectivity index (χ3v) is 4.60. The molecule has 0 bridgehead atoms. The van der Waals surface area contributed by atoms with E-state index in [0.29, 0.717) is 28.7 Å². The van der Waals surface area contributed by atoms with E-state index in [0.717, 1.165) is 11.6 Å². The van der Waals surface area contributed by atoms with Gasteiger partial charge in [-0.2, -0.15) is 0 Å². The van der Waals surface area contributed by atoms with Crippen LogP contribution in [0.3, 0.4) is 0 Å². The zero-order valence-corrected chi connectivity index (χ0v) is 17.1. The van der Waals surface area contributed by atoms with Crippen LogP contribution in [0.4, 0.5) is 0 Å². The van der Waals surface area contributed by atoms with Gasteiger partial charge in [0, 0.05) is 11.1 Å². The van der Waals surface area contributed by atoms with E-state index in [2.05, 4.69) is 0 Å². The van der Waals surface area contributed by atoms with Crippen molar-refractivity contribution in [1.29, 1.82) is 0 Å². The van der Waals surface area contributed by atoms with E-state index < -0.39 is 23.5 Å². The zero-order valence-electron chi connectivity index (χ0n) is 16.4. The SMILES string of the molecule is COc1cc(/C=C/C(=O)C2C(=O)C=C(C)OC2=O)ccc1OCc1ccc(Cl)cc1. The molecule has 0 radical (unpaired) electrons. The lowest BCUT2D eigenvalue weighted by molar-refractivity contribution is -0.151. The van der Waals surface area contributed by atoms with Crippen molar-refractivity contribution in [3.63, 3.8) is 0 Å². The molecule has 2 aromatic carbocycles. The van der Waals surface area contributed by atoms with Gasteiger partial charge in [-0.15, -0.1) is 0 Å². The Morgan fingerprint density at radius 3 is 2.53 bits per heavy atom. The Hall–Kier alpha value is -3.38. The van der Waals surface area contributed by atoms with Crippen molar-refractivity contribution < 1.29 is 28.6 Å². The third kappa shape index (κ3) is 5.15. The highest BCUT2D eigenvalue weighted by atomic mass is 35.5. The Balaban J connectivity index is 1.69. The first-order chi connectivity index (χ1) is 14.4. The molecule has 0 aromatic heterocycles. The van der Waals surface area contributed by atoms with Gasteiger partial charge in [-0.1, -0.05) is 35.9 Å². The van der Waals surface area contributed by atoms with Crippen LogP contribution >= 0.6 is 11.6 Å². The molecule has 1 aliphatic rings. The fraction of sp³-hybridized carbons (Fsp3) is 0.174. The molecule has 1 heterocycles. The molecule has 1 atom stereocenters. The normalized spacial score (nSPS) is 16.2. The van der Waals surface area contributed by atoms with Crippen molar-refractivity contribution in [2.45, 2.75) is 13.5 Å². The van der Waals surface area contributed by atoms with Crippen LogP contribution in [0.1, 0.15) is 18.1 Å². The molecule has 1 aliphatic heterocycles. The van der Waals surface area contributed by atoms with Crippen LogP contribution < -0.4 is 9.47 Å². The van der Waals surface area contributed by atoms with E-state index in [4.69, 9.17) is 25.8 Å². The third-order valence-electron chi connectivity index (χ3n) is 4.35. The molecular formula is C23H19ClO6. The first-order valence-electron chi connectivity index (χ1n) is 9.08. The highest BCUT2D eigenvalue weighted by Crippen LogP contribution is 2.29. The first kappa shape index (κ1) is 21.3. The maximum atomic E-state index is 12.3. The molecule has 154 valence electrons. The molecule has 0 aliphatic carbocycles. The number of ketones is 2. The molecule has 0 fully saturated rings. The van der Waals surface area contributed by atoms with E-state index in [1.54, 1.807) is 30.3 Å². The molecule has 6 nitrogen and oxygen atoms in total. The summed E-state index contributed by atoms with van der Waals surface area (Å²) in [5.74, 6) is -2.37. The first-order valence-corrected chi connectivity index (χ1v) is 9.46. The number of hydrogen-bond donors (Lipinski definition) is 0. The van der Waals surface area contributed by atoms with Crippen molar-refractivity contribution in [1.82, 2.24) is 0 Å². The van der Waals surface area contributed by atoms with Gasteiger partial charge in [0.15, 0.2) is 29.0 Å². The van der Waals surface area contributed by atoms with Crippen molar-refractivity contribution in [3.05, 3.63) is 76.5 Å². The van der Waals surface area contributed by atoms with Crippen LogP contribution in [0.25, 0.3) is 6.08 Å². The van der Waals surface area contributed by atoms with Crippen LogP contribution in [0, 0.1) is 5.92 Å². The van der Waals surface area contributed by atoms with Crippen molar-refractivity contribution >= 4 is 35.2 Å².